The van der Waals surface area contributed by atoms with Crippen LogP contribution in [0, 0.1) is 19.7 Å². The fourth-order valence-corrected chi connectivity index (χ4v) is 2.58. The first-order valence-electron chi connectivity index (χ1n) is 8.20. The topological polar surface area (TPSA) is 80.0 Å². The highest BCUT2D eigenvalue weighted by molar-refractivity contribution is 5.91. The van der Waals surface area contributed by atoms with Crippen molar-refractivity contribution in [3.63, 3.8) is 0 Å². The van der Waals surface area contributed by atoms with Gasteiger partial charge in [-0.2, -0.15) is 0 Å². The summed E-state index contributed by atoms with van der Waals surface area (Å²) in [6.07, 6.45) is 0. The van der Waals surface area contributed by atoms with E-state index in [4.69, 9.17) is 5.11 Å². The summed E-state index contributed by atoms with van der Waals surface area (Å²) in [6, 6.07) is 11.6. The summed E-state index contributed by atoms with van der Waals surface area (Å²) in [4.78, 5) is 16.6. The van der Waals surface area contributed by atoms with Crippen LogP contribution in [0.15, 0.2) is 42.5 Å². The molecule has 0 saturated heterocycles. The molecule has 0 aliphatic heterocycles. The SMILES string of the molecule is Cc1cccc(-n2nc(C(=O)NCCO)nc2-c2ccc(F)cc2)c1C. The fraction of sp³-hybridized carbons (Fsp3) is 0.211. The van der Waals surface area contributed by atoms with Crippen LogP contribution in [0.4, 0.5) is 4.39 Å². The van der Waals surface area contributed by atoms with Crippen LogP contribution < -0.4 is 5.32 Å². The van der Waals surface area contributed by atoms with E-state index in [1.54, 1.807) is 16.8 Å². The third-order valence-corrected chi connectivity index (χ3v) is 4.11. The number of aryl methyl sites for hydroxylation is 1. The second-order valence-electron chi connectivity index (χ2n) is 5.88. The molecule has 2 N–H and O–H groups in total. The van der Waals surface area contributed by atoms with Gasteiger partial charge in [-0.25, -0.2) is 14.1 Å². The van der Waals surface area contributed by atoms with Crippen LogP contribution in [0.25, 0.3) is 17.1 Å². The second-order valence-corrected chi connectivity index (χ2v) is 5.88. The molecule has 7 heteroatoms. The van der Waals surface area contributed by atoms with Crippen LogP contribution in [-0.2, 0) is 0 Å². The third-order valence-electron chi connectivity index (χ3n) is 4.11. The first-order valence-corrected chi connectivity index (χ1v) is 8.20. The highest BCUT2D eigenvalue weighted by Gasteiger charge is 2.19. The standard InChI is InChI=1S/C19H19FN4O2/c1-12-4-3-5-16(13(12)2)24-18(14-6-8-15(20)9-7-14)22-17(23-24)19(26)21-10-11-25/h3-9,25H,10-11H2,1-2H3,(H,21,26). The molecule has 0 saturated carbocycles. The molecule has 0 fully saturated rings. The minimum atomic E-state index is -0.480. The zero-order valence-electron chi connectivity index (χ0n) is 14.5. The smallest absolute Gasteiger partial charge is 0.291 e. The lowest BCUT2D eigenvalue weighted by Crippen LogP contribution is -2.27. The Morgan fingerprint density at radius 1 is 1.19 bits per heavy atom. The lowest BCUT2D eigenvalue weighted by molar-refractivity contribution is 0.0934. The number of aromatic nitrogens is 3. The molecule has 6 nitrogen and oxygen atoms in total. The van der Waals surface area contributed by atoms with E-state index >= 15 is 0 Å². The minimum Gasteiger partial charge on any atom is -0.395 e. The lowest BCUT2D eigenvalue weighted by atomic mass is 10.1. The summed E-state index contributed by atoms with van der Waals surface area (Å²) >= 11 is 0. The van der Waals surface area contributed by atoms with E-state index in [-0.39, 0.29) is 24.8 Å². The fourth-order valence-electron chi connectivity index (χ4n) is 2.58. The largest absolute Gasteiger partial charge is 0.395 e. The number of carbonyl (C=O) groups excluding carboxylic acids is 1. The Morgan fingerprint density at radius 3 is 2.62 bits per heavy atom. The molecule has 0 radical (unpaired) electrons. The van der Waals surface area contributed by atoms with Crippen LogP contribution >= 0.6 is 0 Å². The Bertz CT molecular complexity index is 935. The van der Waals surface area contributed by atoms with Crippen molar-refractivity contribution in [2.24, 2.45) is 0 Å². The van der Waals surface area contributed by atoms with Gasteiger partial charge >= 0.3 is 0 Å². The molecular weight excluding hydrogens is 335 g/mol. The number of hydrogen-bond donors (Lipinski definition) is 2. The number of benzene rings is 2. The van der Waals surface area contributed by atoms with Crippen molar-refractivity contribution >= 4 is 5.91 Å². The molecule has 1 amide bonds. The number of nitrogens with zero attached hydrogens (tertiary/aromatic N) is 3. The van der Waals surface area contributed by atoms with Crippen LogP contribution in [0.2, 0.25) is 0 Å². The summed E-state index contributed by atoms with van der Waals surface area (Å²) in [5, 5.41) is 15.8. The number of aliphatic hydroxyl groups excluding tert-OH is 1. The van der Waals surface area contributed by atoms with Crippen molar-refractivity contribution in [1.82, 2.24) is 20.1 Å². The Kier molecular flexibility index (Phi) is 5.09. The molecule has 3 rings (SSSR count). The van der Waals surface area contributed by atoms with Crippen LogP contribution in [0.1, 0.15) is 21.7 Å². The molecular formula is C19H19FN4O2. The van der Waals surface area contributed by atoms with Gasteiger partial charge in [0, 0.05) is 12.1 Å². The van der Waals surface area contributed by atoms with Crippen molar-refractivity contribution in [1.29, 1.82) is 0 Å². The highest BCUT2D eigenvalue weighted by atomic mass is 19.1. The van der Waals surface area contributed by atoms with Crippen LogP contribution in [0.5, 0.6) is 0 Å². The van der Waals surface area contributed by atoms with Gasteiger partial charge in [0.05, 0.1) is 12.3 Å². The number of halogens is 1. The summed E-state index contributed by atoms with van der Waals surface area (Å²) < 4.78 is 14.9. The van der Waals surface area contributed by atoms with Crippen molar-refractivity contribution < 1.29 is 14.3 Å². The van der Waals surface area contributed by atoms with Crippen molar-refractivity contribution in [2.45, 2.75) is 13.8 Å². The van der Waals surface area contributed by atoms with Crippen molar-refractivity contribution in [2.75, 3.05) is 13.2 Å². The average Bonchev–Trinajstić information content (AvgIpc) is 3.08. The molecule has 134 valence electrons. The number of nitrogens with one attached hydrogen (secondary N) is 1. The normalized spacial score (nSPS) is 10.8. The van der Waals surface area contributed by atoms with Gasteiger partial charge in [-0.15, -0.1) is 5.10 Å². The molecule has 2 aromatic carbocycles. The average molecular weight is 354 g/mol. The van der Waals surface area contributed by atoms with Gasteiger partial charge in [0.2, 0.25) is 5.82 Å². The summed E-state index contributed by atoms with van der Waals surface area (Å²) in [5.74, 6) is -0.412. The predicted molar refractivity (Wildman–Crippen MR) is 95.6 cm³/mol. The van der Waals surface area contributed by atoms with Gasteiger partial charge < -0.3 is 10.4 Å². The number of hydrogen-bond acceptors (Lipinski definition) is 4. The zero-order valence-corrected chi connectivity index (χ0v) is 14.5. The van der Waals surface area contributed by atoms with Crippen LogP contribution in [0.3, 0.4) is 0 Å². The van der Waals surface area contributed by atoms with Crippen molar-refractivity contribution in [3.05, 3.63) is 65.2 Å². The van der Waals surface area contributed by atoms with Gasteiger partial charge in [-0.3, -0.25) is 4.79 Å². The van der Waals surface area contributed by atoms with Gasteiger partial charge in [-0.05, 0) is 55.3 Å². The van der Waals surface area contributed by atoms with E-state index < -0.39 is 5.91 Å². The summed E-state index contributed by atoms with van der Waals surface area (Å²) in [7, 11) is 0. The Morgan fingerprint density at radius 2 is 1.92 bits per heavy atom. The maximum atomic E-state index is 13.3. The molecule has 0 bridgehead atoms. The Balaban J connectivity index is 2.14. The second kappa shape index (κ2) is 7.45. The molecule has 1 heterocycles. The number of amides is 1. The molecule has 0 aliphatic carbocycles. The third kappa shape index (κ3) is 3.48. The predicted octanol–water partition coefficient (Wildman–Crippen LogP) is 2.41. The molecule has 0 aliphatic rings. The molecule has 1 aromatic heterocycles. The molecule has 0 spiro atoms. The van der Waals surface area contributed by atoms with Crippen molar-refractivity contribution in [3.8, 4) is 17.1 Å². The number of aliphatic hydroxyl groups is 1. The van der Waals surface area contributed by atoms with E-state index in [0.717, 1.165) is 16.8 Å². The molecule has 0 unspecified atom stereocenters. The summed E-state index contributed by atoms with van der Waals surface area (Å²) in [5.41, 5.74) is 3.51. The van der Waals surface area contributed by atoms with E-state index in [9.17, 15) is 9.18 Å². The van der Waals surface area contributed by atoms with Gasteiger partial charge in [-0.1, -0.05) is 12.1 Å². The Labute approximate surface area is 150 Å². The quantitative estimate of drug-likeness (QED) is 0.737. The molecule has 26 heavy (non-hydrogen) atoms. The van der Waals surface area contributed by atoms with Gasteiger partial charge in [0.25, 0.3) is 5.91 Å². The van der Waals surface area contributed by atoms with E-state index in [1.807, 2.05) is 32.0 Å². The zero-order chi connectivity index (χ0) is 18.7. The molecule has 3 aromatic rings. The van der Waals surface area contributed by atoms with E-state index in [0.29, 0.717) is 11.4 Å². The van der Waals surface area contributed by atoms with Gasteiger partial charge in [0.15, 0.2) is 5.82 Å². The molecule has 0 atom stereocenters. The highest BCUT2D eigenvalue weighted by Crippen LogP contribution is 2.24. The Hall–Kier alpha value is -3.06. The minimum absolute atomic E-state index is 0.0151. The number of rotatable bonds is 5. The monoisotopic (exact) mass is 354 g/mol. The first kappa shape index (κ1) is 17.8. The maximum absolute atomic E-state index is 13.3. The van der Waals surface area contributed by atoms with E-state index in [2.05, 4.69) is 15.4 Å². The van der Waals surface area contributed by atoms with Crippen LogP contribution in [-0.4, -0.2) is 38.9 Å². The lowest BCUT2D eigenvalue weighted by Gasteiger charge is -2.11. The first-order chi connectivity index (χ1) is 12.5. The van der Waals surface area contributed by atoms with Gasteiger partial charge in [0.1, 0.15) is 5.82 Å². The van der Waals surface area contributed by atoms with E-state index in [1.165, 1.54) is 12.1 Å². The summed E-state index contributed by atoms with van der Waals surface area (Å²) in [6.45, 7) is 3.89. The maximum Gasteiger partial charge on any atom is 0.291 e. The number of carbonyl (C=O) groups is 1.